The molecule has 1 aliphatic rings. The summed E-state index contributed by atoms with van der Waals surface area (Å²) < 4.78 is 51.2. The minimum atomic E-state index is -4.02. The lowest BCUT2D eigenvalue weighted by molar-refractivity contribution is 0.0797. The van der Waals surface area contributed by atoms with E-state index in [-0.39, 0.29) is 25.3 Å². The zero-order chi connectivity index (χ0) is 25.9. The van der Waals surface area contributed by atoms with Crippen LogP contribution in [0.5, 0.6) is 0 Å². The van der Waals surface area contributed by atoms with Crippen LogP contribution >= 0.6 is 0 Å². The van der Waals surface area contributed by atoms with Crippen molar-refractivity contribution in [1.82, 2.24) is 0 Å². The Hall–Kier alpha value is -3.54. The number of ether oxygens (including phenoxy) is 1. The standard InChI is InChI=1S/C28H27FN2O4S/c1-28(2)27(20-13-11-19(12-14-20)23-8-4-3-7-22(23)18-30)36(33,34)31-26(35-28)17-21(15-16-32)24-9-5-6-10-25(24)29/h3-14,21,27,32H,15-17H2,1-2H3/t21-,27?/m1/s1. The van der Waals surface area contributed by atoms with Gasteiger partial charge in [-0.25, -0.2) is 12.8 Å². The molecule has 0 saturated carbocycles. The first-order valence-corrected chi connectivity index (χ1v) is 13.1. The Balaban J connectivity index is 1.65. The Bertz CT molecular complexity index is 1430. The molecule has 0 aliphatic carbocycles. The van der Waals surface area contributed by atoms with Crippen LogP contribution in [0.4, 0.5) is 4.39 Å². The van der Waals surface area contributed by atoms with Crippen molar-refractivity contribution in [3.8, 4) is 17.2 Å². The van der Waals surface area contributed by atoms with E-state index in [1.54, 1.807) is 68.4 Å². The Labute approximate surface area is 210 Å². The highest BCUT2D eigenvalue weighted by atomic mass is 32.2. The molecule has 6 nitrogen and oxygen atoms in total. The molecule has 1 N–H and O–H groups in total. The minimum absolute atomic E-state index is 0.00230. The number of hydrogen-bond donors (Lipinski definition) is 1. The van der Waals surface area contributed by atoms with Crippen molar-refractivity contribution >= 4 is 15.9 Å². The van der Waals surface area contributed by atoms with Gasteiger partial charge < -0.3 is 9.84 Å². The highest BCUT2D eigenvalue weighted by Gasteiger charge is 2.47. The number of halogens is 1. The number of nitrogens with zero attached hydrogens (tertiary/aromatic N) is 2. The fourth-order valence-corrected chi connectivity index (χ4v) is 6.56. The molecule has 186 valence electrons. The number of hydrogen-bond acceptors (Lipinski definition) is 5. The fourth-order valence-electron chi connectivity index (χ4n) is 4.79. The summed E-state index contributed by atoms with van der Waals surface area (Å²) in [6, 6.07) is 22.6. The lowest BCUT2D eigenvalue weighted by atomic mass is 9.91. The van der Waals surface area contributed by atoms with Crippen LogP contribution in [0.25, 0.3) is 11.1 Å². The molecule has 3 aromatic carbocycles. The molecule has 0 radical (unpaired) electrons. The smallest absolute Gasteiger partial charge is 0.267 e. The summed E-state index contributed by atoms with van der Waals surface area (Å²) >= 11 is 0. The highest BCUT2D eigenvalue weighted by molar-refractivity contribution is 7.90. The Morgan fingerprint density at radius 3 is 2.39 bits per heavy atom. The molecule has 0 saturated heterocycles. The SMILES string of the molecule is CC1(C)OC(C[C@@H](CCO)c2ccccc2F)=NS(=O)(=O)C1c1ccc(-c2ccccc2C#N)cc1. The summed E-state index contributed by atoms with van der Waals surface area (Å²) in [5.41, 5.74) is 1.83. The van der Waals surface area contributed by atoms with E-state index in [0.29, 0.717) is 16.7 Å². The van der Waals surface area contributed by atoms with E-state index in [4.69, 9.17) is 4.74 Å². The van der Waals surface area contributed by atoms with Gasteiger partial charge in [0.15, 0.2) is 0 Å². The molecule has 0 spiro atoms. The summed E-state index contributed by atoms with van der Waals surface area (Å²) in [5, 5.41) is 17.8. The maximum Gasteiger partial charge on any atom is 0.267 e. The van der Waals surface area contributed by atoms with Gasteiger partial charge in [-0.2, -0.15) is 5.26 Å². The molecule has 36 heavy (non-hydrogen) atoms. The van der Waals surface area contributed by atoms with Gasteiger partial charge in [-0.3, -0.25) is 0 Å². The molecule has 3 aromatic rings. The number of benzene rings is 3. The molecule has 2 atom stereocenters. The first-order chi connectivity index (χ1) is 17.2. The lowest BCUT2D eigenvalue weighted by Crippen LogP contribution is -2.43. The molecule has 0 bridgehead atoms. The van der Waals surface area contributed by atoms with E-state index < -0.39 is 32.6 Å². The predicted molar refractivity (Wildman–Crippen MR) is 136 cm³/mol. The van der Waals surface area contributed by atoms with E-state index in [9.17, 15) is 23.2 Å². The van der Waals surface area contributed by atoms with Crippen molar-refractivity contribution in [3.63, 3.8) is 0 Å². The van der Waals surface area contributed by atoms with Crippen LogP contribution in [-0.2, 0) is 14.8 Å². The molecule has 1 unspecified atom stereocenters. The highest BCUT2D eigenvalue weighted by Crippen LogP contribution is 2.42. The molecule has 0 fully saturated rings. The first kappa shape index (κ1) is 25.5. The second-order valence-electron chi connectivity index (χ2n) is 9.30. The van der Waals surface area contributed by atoms with Crippen LogP contribution in [0.2, 0.25) is 0 Å². The molecule has 1 heterocycles. The predicted octanol–water partition coefficient (Wildman–Crippen LogP) is 5.50. The van der Waals surface area contributed by atoms with Gasteiger partial charge in [-0.15, -0.1) is 4.40 Å². The second kappa shape index (κ2) is 10.2. The summed E-state index contributed by atoms with van der Waals surface area (Å²) in [6.07, 6.45) is 0.277. The van der Waals surface area contributed by atoms with E-state index in [1.807, 2.05) is 12.1 Å². The van der Waals surface area contributed by atoms with Crippen molar-refractivity contribution in [2.45, 2.75) is 43.5 Å². The van der Waals surface area contributed by atoms with E-state index in [0.717, 1.165) is 11.1 Å². The summed E-state index contributed by atoms with van der Waals surface area (Å²) in [5.74, 6) is -0.917. The zero-order valence-electron chi connectivity index (χ0n) is 20.1. The topological polar surface area (TPSA) is 99.8 Å². The number of rotatable bonds is 7. The molecule has 0 amide bonds. The third kappa shape index (κ3) is 5.18. The van der Waals surface area contributed by atoms with Crippen LogP contribution in [0.3, 0.4) is 0 Å². The van der Waals surface area contributed by atoms with Gasteiger partial charge in [-0.1, -0.05) is 60.7 Å². The van der Waals surface area contributed by atoms with Crippen molar-refractivity contribution in [1.29, 1.82) is 5.26 Å². The van der Waals surface area contributed by atoms with E-state index in [1.165, 1.54) is 6.07 Å². The Kier molecular flexibility index (Phi) is 7.25. The first-order valence-electron chi connectivity index (χ1n) is 11.6. The van der Waals surface area contributed by atoms with Crippen molar-refractivity contribution in [2.24, 2.45) is 4.40 Å². The van der Waals surface area contributed by atoms with Gasteiger partial charge in [0.2, 0.25) is 5.90 Å². The number of nitriles is 1. The van der Waals surface area contributed by atoms with Crippen LogP contribution in [0.1, 0.15) is 54.5 Å². The van der Waals surface area contributed by atoms with Crippen LogP contribution in [0.15, 0.2) is 77.2 Å². The normalized spacial score (nSPS) is 19.0. The van der Waals surface area contributed by atoms with Crippen LogP contribution in [-0.4, -0.2) is 31.6 Å². The third-order valence-corrected chi connectivity index (χ3v) is 8.25. The average Bonchev–Trinajstić information content (AvgIpc) is 2.83. The molecular weight excluding hydrogens is 479 g/mol. The molecule has 8 heteroatoms. The average molecular weight is 507 g/mol. The van der Waals surface area contributed by atoms with Crippen molar-refractivity contribution in [3.05, 3.63) is 95.3 Å². The number of aliphatic hydroxyl groups is 1. The maximum atomic E-state index is 14.4. The Morgan fingerprint density at radius 1 is 1.08 bits per heavy atom. The quantitative estimate of drug-likeness (QED) is 0.456. The van der Waals surface area contributed by atoms with Gasteiger partial charge in [0.1, 0.15) is 16.7 Å². The lowest BCUT2D eigenvalue weighted by Gasteiger charge is -2.38. The zero-order valence-corrected chi connectivity index (χ0v) is 20.9. The van der Waals surface area contributed by atoms with Gasteiger partial charge >= 0.3 is 0 Å². The Morgan fingerprint density at radius 2 is 1.75 bits per heavy atom. The summed E-state index contributed by atoms with van der Waals surface area (Å²) in [7, 11) is -4.02. The molecule has 0 aromatic heterocycles. The van der Waals surface area contributed by atoms with Crippen LogP contribution < -0.4 is 0 Å². The number of aliphatic hydroxyl groups excluding tert-OH is 1. The van der Waals surface area contributed by atoms with Gasteiger partial charge in [0, 0.05) is 13.0 Å². The summed E-state index contributed by atoms with van der Waals surface area (Å²) in [4.78, 5) is 0. The van der Waals surface area contributed by atoms with Crippen molar-refractivity contribution in [2.75, 3.05) is 6.61 Å². The third-order valence-electron chi connectivity index (χ3n) is 6.35. The second-order valence-corrected chi connectivity index (χ2v) is 11.0. The monoisotopic (exact) mass is 506 g/mol. The largest absolute Gasteiger partial charge is 0.472 e. The van der Waals surface area contributed by atoms with Gasteiger partial charge in [0.25, 0.3) is 10.0 Å². The van der Waals surface area contributed by atoms with E-state index in [2.05, 4.69) is 10.5 Å². The van der Waals surface area contributed by atoms with Gasteiger partial charge in [0.05, 0.1) is 11.6 Å². The minimum Gasteiger partial charge on any atom is -0.472 e. The van der Waals surface area contributed by atoms with Gasteiger partial charge in [-0.05, 0) is 60.6 Å². The van der Waals surface area contributed by atoms with Crippen molar-refractivity contribution < 1.29 is 22.7 Å². The fraction of sp³-hybridized carbons (Fsp3) is 0.286. The summed E-state index contributed by atoms with van der Waals surface area (Å²) in [6.45, 7) is 3.19. The van der Waals surface area contributed by atoms with Crippen LogP contribution in [0, 0.1) is 17.1 Å². The molecule has 1 aliphatic heterocycles. The van der Waals surface area contributed by atoms with E-state index >= 15 is 0 Å². The number of sulfonamides is 1. The molecule has 4 rings (SSSR count). The molecular formula is C28H27FN2O4S. The maximum absolute atomic E-state index is 14.4.